The van der Waals surface area contributed by atoms with E-state index in [4.69, 9.17) is 0 Å². The molecule has 79 valence electrons. The van der Waals surface area contributed by atoms with Gasteiger partial charge in [0.1, 0.15) is 0 Å². The third-order valence-corrected chi connectivity index (χ3v) is 1.78. The number of hydrogen-bond donors (Lipinski definition) is 1. The number of nitrogens with zero attached hydrogens (tertiary/aromatic N) is 1. The second kappa shape index (κ2) is 5.80. The quantitative estimate of drug-likeness (QED) is 0.755. The fourth-order valence-corrected chi connectivity index (χ4v) is 1.04. The maximum Gasteiger partial charge on any atom is 0.293 e. The third kappa shape index (κ3) is 3.81. The molecule has 0 unspecified atom stereocenters. The van der Waals surface area contributed by atoms with Crippen LogP contribution in [0.15, 0.2) is 30.3 Å². The summed E-state index contributed by atoms with van der Waals surface area (Å²) in [7, 11) is 0. The van der Waals surface area contributed by atoms with Gasteiger partial charge in [-0.3, -0.25) is 9.59 Å². The van der Waals surface area contributed by atoms with Crippen LogP contribution in [-0.4, -0.2) is 11.8 Å². The molecule has 0 aromatic heterocycles. The zero-order valence-electron chi connectivity index (χ0n) is 8.56. The molecule has 0 saturated heterocycles. The van der Waals surface area contributed by atoms with Crippen molar-refractivity contribution >= 4 is 11.8 Å². The van der Waals surface area contributed by atoms with Crippen molar-refractivity contribution in [3.63, 3.8) is 0 Å². The Morgan fingerprint density at radius 1 is 1.27 bits per heavy atom. The predicted molar refractivity (Wildman–Crippen MR) is 56.0 cm³/mol. The van der Waals surface area contributed by atoms with Crippen LogP contribution in [0.25, 0.3) is 0 Å². The van der Waals surface area contributed by atoms with Crippen LogP contribution in [0.3, 0.4) is 0 Å². The number of carbonyl (C=O) groups is 2. The monoisotopic (exact) mass is 205 g/mol. The summed E-state index contributed by atoms with van der Waals surface area (Å²) in [5, 5.41) is 0. The third-order valence-electron chi connectivity index (χ3n) is 1.78. The molecule has 1 rings (SSSR count). The van der Waals surface area contributed by atoms with E-state index in [0.717, 1.165) is 6.42 Å². The van der Waals surface area contributed by atoms with Crippen molar-refractivity contribution in [1.29, 1.82) is 0 Å². The lowest BCUT2D eigenvalue weighted by Gasteiger charge is -2.02. The zero-order valence-corrected chi connectivity index (χ0v) is 8.56. The molecule has 0 aliphatic carbocycles. The average molecular weight is 205 g/mol. The molecule has 1 N–H and O–H groups in total. The highest BCUT2D eigenvalue weighted by molar-refractivity contribution is 5.95. The van der Waals surface area contributed by atoms with Gasteiger partial charge in [-0.15, -0.1) is 5.43 Å². The maximum atomic E-state index is 11.4. The van der Waals surface area contributed by atoms with E-state index in [1.165, 1.54) is 0 Å². The molecule has 0 fully saturated rings. The van der Waals surface area contributed by atoms with Crippen LogP contribution >= 0.6 is 0 Å². The highest BCUT2D eigenvalue weighted by Gasteiger charge is 2.07. The molecule has 0 heterocycles. The maximum absolute atomic E-state index is 11.4. The fourth-order valence-electron chi connectivity index (χ4n) is 1.04. The normalized spacial score (nSPS) is 9.40. The van der Waals surface area contributed by atoms with Gasteiger partial charge >= 0.3 is 0 Å². The average Bonchev–Trinajstić information content (AvgIpc) is 2.27. The molecule has 0 aliphatic rings. The van der Waals surface area contributed by atoms with Gasteiger partial charge in [0.15, 0.2) is 0 Å². The number of hydrogen-bond acceptors (Lipinski definition) is 2. The van der Waals surface area contributed by atoms with Crippen LogP contribution in [0.1, 0.15) is 30.1 Å². The summed E-state index contributed by atoms with van der Waals surface area (Å²) in [4.78, 5) is 22.4. The van der Waals surface area contributed by atoms with Crippen molar-refractivity contribution < 1.29 is 9.59 Å². The number of rotatable bonds is 3. The second-order valence-corrected chi connectivity index (χ2v) is 3.07. The van der Waals surface area contributed by atoms with Crippen LogP contribution in [0, 0.1) is 0 Å². The Balaban J connectivity index is 2.40. The number of carbonyl (C=O) groups excluding carboxylic acids is 2. The Morgan fingerprint density at radius 3 is 2.53 bits per heavy atom. The van der Waals surface area contributed by atoms with Crippen molar-refractivity contribution in [2.45, 2.75) is 19.8 Å². The lowest BCUT2D eigenvalue weighted by molar-refractivity contribution is -0.121. The Kier molecular flexibility index (Phi) is 4.34. The molecule has 0 aliphatic heterocycles. The highest BCUT2D eigenvalue weighted by atomic mass is 16.2. The van der Waals surface area contributed by atoms with Gasteiger partial charge in [-0.2, -0.15) is 0 Å². The minimum Gasteiger partial charge on any atom is -0.273 e. The molecule has 0 spiro atoms. The van der Waals surface area contributed by atoms with Gasteiger partial charge in [-0.05, 0) is 18.6 Å². The van der Waals surface area contributed by atoms with Gasteiger partial charge in [0.2, 0.25) is 5.91 Å². The molecule has 0 atom stereocenters. The van der Waals surface area contributed by atoms with E-state index in [1.54, 1.807) is 24.3 Å². The Morgan fingerprint density at radius 2 is 1.93 bits per heavy atom. The molecule has 15 heavy (non-hydrogen) atoms. The van der Waals surface area contributed by atoms with Crippen LogP contribution < -0.4 is 10.9 Å². The summed E-state index contributed by atoms with van der Waals surface area (Å²) < 4.78 is 0. The molecule has 4 heteroatoms. The van der Waals surface area contributed by atoms with Crippen LogP contribution in [0.4, 0.5) is 0 Å². The summed E-state index contributed by atoms with van der Waals surface area (Å²) in [6, 6.07) is 8.61. The molecule has 1 aromatic rings. The van der Waals surface area contributed by atoms with E-state index >= 15 is 0 Å². The molecule has 0 bridgehead atoms. The van der Waals surface area contributed by atoms with Gasteiger partial charge in [0.05, 0.1) is 0 Å². The number of benzene rings is 1. The van der Waals surface area contributed by atoms with Gasteiger partial charge < -0.3 is 0 Å². The summed E-state index contributed by atoms with van der Waals surface area (Å²) in [5.41, 5.74) is 6.16. The lowest BCUT2D eigenvalue weighted by atomic mass is 10.2. The first kappa shape index (κ1) is 11.2. The van der Waals surface area contributed by atoms with Crippen molar-refractivity contribution in [1.82, 2.24) is 10.9 Å². The van der Waals surface area contributed by atoms with Crippen molar-refractivity contribution in [3.8, 4) is 0 Å². The first-order valence-electron chi connectivity index (χ1n) is 4.83. The smallest absolute Gasteiger partial charge is 0.273 e. The summed E-state index contributed by atoms with van der Waals surface area (Å²) >= 11 is 0. The fraction of sp³-hybridized carbons (Fsp3) is 0.273. The molecule has 1 radical (unpaired) electrons. The SMILES string of the molecule is CCCC(=O)N[N]C(=O)c1ccccc1. The van der Waals surface area contributed by atoms with E-state index in [1.807, 2.05) is 13.0 Å². The van der Waals surface area contributed by atoms with Crippen molar-refractivity contribution in [2.24, 2.45) is 0 Å². The summed E-state index contributed by atoms with van der Waals surface area (Å²) in [5.74, 6) is -0.665. The van der Waals surface area contributed by atoms with E-state index < -0.39 is 5.91 Å². The van der Waals surface area contributed by atoms with Gasteiger partial charge in [-0.1, -0.05) is 25.1 Å². The Labute approximate surface area is 88.6 Å². The predicted octanol–water partition coefficient (Wildman–Crippen LogP) is 1.26. The van der Waals surface area contributed by atoms with Gasteiger partial charge in [0.25, 0.3) is 5.91 Å². The molecule has 2 amide bonds. The zero-order chi connectivity index (χ0) is 11.1. The highest BCUT2D eigenvalue weighted by Crippen LogP contribution is 1.97. The first-order valence-corrected chi connectivity index (χ1v) is 4.83. The first-order chi connectivity index (χ1) is 7.24. The molecule has 4 nitrogen and oxygen atoms in total. The van der Waals surface area contributed by atoms with Gasteiger partial charge in [0, 0.05) is 12.0 Å². The number of amides is 2. The Hall–Kier alpha value is -1.84. The minimum atomic E-state index is -0.431. The standard InChI is InChI=1S/C11H13N2O2/c1-2-6-10(14)12-13-11(15)9-7-4-3-5-8-9/h3-5,7-8H,2,6H2,1H3,(H,12,14). The lowest BCUT2D eigenvalue weighted by Crippen LogP contribution is -2.35. The molecular formula is C11H13N2O2. The van der Waals surface area contributed by atoms with E-state index in [-0.39, 0.29) is 5.91 Å². The minimum absolute atomic E-state index is 0.234. The topological polar surface area (TPSA) is 60.3 Å². The van der Waals surface area contributed by atoms with Crippen molar-refractivity contribution in [3.05, 3.63) is 35.9 Å². The van der Waals surface area contributed by atoms with Crippen LogP contribution in [-0.2, 0) is 4.79 Å². The Bertz CT molecular complexity index is 336. The van der Waals surface area contributed by atoms with Gasteiger partial charge in [-0.25, -0.2) is 5.43 Å². The van der Waals surface area contributed by atoms with E-state index in [0.29, 0.717) is 12.0 Å². The molecule has 0 saturated carbocycles. The summed E-state index contributed by atoms with van der Waals surface area (Å²) in [6.45, 7) is 1.89. The number of nitrogens with one attached hydrogen (secondary N) is 1. The van der Waals surface area contributed by atoms with Crippen molar-refractivity contribution in [2.75, 3.05) is 0 Å². The summed E-state index contributed by atoms with van der Waals surface area (Å²) in [6.07, 6.45) is 1.12. The van der Waals surface area contributed by atoms with E-state index in [9.17, 15) is 9.59 Å². The molecular weight excluding hydrogens is 192 g/mol. The molecule has 1 aromatic carbocycles. The largest absolute Gasteiger partial charge is 0.293 e. The van der Waals surface area contributed by atoms with E-state index in [2.05, 4.69) is 10.9 Å². The van der Waals surface area contributed by atoms with Crippen LogP contribution in [0.2, 0.25) is 0 Å². The second-order valence-electron chi connectivity index (χ2n) is 3.07. The van der Waals surface area contributed by atoms with Crippen LogP contribution in [0.5, 0.6) is 0 Å².